The molecule has 0 rings (SSSR count). The topological polar surface area (TPSA) is 44.4 Å². The number of carbonyl (C=O) groups excluding carboxylic acids is 1. The lowest BCUT2D eigenvalue weighted by Crippen LogP contribution is -2.47. The summed E-state index contributed by atoms with van der Waals surface area (Å²) in [4.78, 5) is 13.0. The second-order valence-electron chi connectivity index (χ2n) is 5.92. The summed E-state index contributed by atoms with van der Waals surface area (Å²) in [6, 6.07) is -0.0843. The third-order valence-corrected chi connectivity index (χ3v) is 3.37. The van der Waals surface area contributed by atoms with Crippen LogP contribution in [0, 0.1) is 5.92 Å². The van der Waals surface area contributed by atoms with Crippen molar-refractivity contribution < 1.29 is 18.0 Å². The van der Waals surface area contributed by atoms with E-state index in [0.29, 0.717) is 25.4 Å². The summed E-state index contributed by atoms with van der Waals surface area (Å²) in [6.45, 7) is 7.68. The van der Waals surface area contributed by atoms with Crippen LogP contribution in [0.2, 0.25) is 0 Å². The first-order valence-electron chi connectivity index (χ1n) is 7.32. The van der Waals surface area contributed by atoms with Crippen LogP contribution in [0.25, 0.3) is 0 Å². The van der Waals surface area contributed by atoms with Gasteiger partial charge in [-0.2, -0.15) is 13.2 Å². The number of nitrogens with one attached hydrogen (secondary N) is 2. The molecule has 0 aromatic heterocycles. The molecule has 0 aromatic carbocycles. The maximum atomic E-state index is 12.1. The first-order valence-corrected chi connectivity index (χ1v) is 7.32. The van der Waals surface area contributed by atoms with Gasteiger partial charge >= 0.3 is 6.18 Å². The van der Waals surface area contributed by atoms with Crippen LogP contribution < -0.4 is 10.6 Å². The second kappa shape index (κ2) is 9.25. The minimum Gasteiger partial charge on any atom is -0.355 e. The van der Waals surface area contributed by atoms with Gasteiger partial charge in [0, 0.05) is 12.6 Å². The zero-order valence-corrected chi connectivity index (χ0v) is 13.5. The molecule has 7 heteroatoms. The lowest BCUT2D eigenvalue weighted by molar-refractivity contribution is -0.143. The number of halogens is 3. The van der Waals surface area contributed by atoms with E-state index in [-0.39, 0.29) is 18.0 Å². The number of nitrogens with zero attached hydrogens (tertiary/aromatic N) is 1. The lowest BCUT2D eigenvalue weighted by Gasteiger charge is -2.22. The fourth-order valence-electron chi connectivity index (χ4n) is 1.76. The van der Waals surface area contributed by atoms with E-state index in [1.165, 1.54) is 11.9 Å². The van der Waals surface area contributed by atoms with Gasteiger partial charge in [-0.25, -0.2) is 0 Å². The quantitative estimate of drug-likeness (QED) is 0.640. The molecule has 126 valence electrons. The zero-order valence-electron chi connectivity index (χ0n) is 13.5. The molecule has 1 amide bonds. The number of amides is 1. The average molecular weight is 311 g/mol. The van der Waals surface area contributed by atoms with Crippen LogP contribution in [0.4, 0.5) is 13.2 Å². The summed E-state index contributed by atoms with van der Waals surface area (Å²) in [5.41, 5.74) is 0. The van der Waals surface area contributed by atoms with Crippen molar-refractivity contribution >= 4 is 5.91 Å². The predicted molar refractivity (Wildman–Crippen MR) is 78.1 cm³/mol. The smallest absolute Gasteiger partial charge is 0.355 e. The molecule has 0 saturated heterocycles. The maximum Gasteiger partial charge on any atom is 0.401 e. The highest BCUT2D eigenvalue weighted by Gasteiger charge is 2.28. The second-order valence-corrected chi connectivity index (χ2v) is 5.92. The SMILES string of the molecule is CC(C)[C@H](C)N[C@@H](C)C(=O)NCCCN(C)CC(F)(F)F. The normalized spacial score (nSPS) is 15.3. The van der Waals surface area contributed by atoms with Gasteiger partial charge in [0.2, 0.25) is 5.91 Å². The molecular weight excluding hydrogens is 283 g/mol. The van der Waals surface area contributed by atoms with Gasteiger partial charge in [0.25, 0.3) is 0 Å². The summed E-state index contributed by atoms with van der Waals surface area (Å²) < 4.78 is 36.3. The largest absolute Gasteiger partial charge is 0.401 e. The summed E-state index contributed by atoms with van der Waals surface area (Å²) in [5, 5.41) is 5.92. The van der Waals surface area contributed by atoms with Crippen molar-refractivity contribution in [3.05, 3.63) is 0 Å². The Morgan fingerprint density at radius 3 is 2.24 bits per heavy atom. The van der Waals surface area contributed by atoms with Crippen LogP contribution in [0.3, 0.4) is 0 Å². The van der Waals surface area contributed by atoms with Gasteiger partial charge in [-0.3, -0.25) is 9.69 Å². The van der Waals surface area contributed by atoms with Crippen molar-refractivity contribution in [2.75, 3.05) is 26.7 Å². The van der Waals surface area contributed by atoms with Crippen molar-refractivity contribution in [3.8, 4) is 0 Å². The Balaban J connectivity index is 3.84. The van der Waals surface area contributed by atoms with Crippen LogP contribution in [0.1, 0.15) is 34.1 Å². The van der Waals surface area contributed by atoms with E-state index in [4.69, 9.17) is 0 Å². The monoisotopic (exact) mass is 311 g/mol. The van der Waals surface area contributed by atoms with E-state index in [1.54, 1.807) is 6.92 Å². The number of hydrogen-bond donors (Lipinski definition) is 2. The highest BCUT2D eigenvalue weighted by atomic mass is 19.4. The van der Waals surface area contributed by atoms with Gasteiger partial charge in [-0.15, -0.1) is 0 Å². The molecule has 0 radical (unpaired) electrons. The van der Waals surface area contributed by atoms with Gasteiger partial charge in [0.1, 0.15) is 0 Å². The molecule has 0 aliphatic heterocycles. The number of carbonyl (C=O) groups is 1. The zero-order chi connectivity index (χ0) is 16.6. The molecule has 0 bridgehead atoms. The Kier molecular flexibility index (Phi) is 8.89. The molecule has 0 spiro atoms. The van der Waals surface area contributed by atoms with E-state index < -0.39 is 12.7 Å². The Labute approximate surface area is 125 Å². The molecule has 21 heavy (non-hydrogen) atoms. The molecular formula is C14H28F3N3O. The van der Waals surface area contributed by atoms with Crippen LogP contribution in [-0.2, 0) is 4.79 Å². The highest BCUT2D eigenvalue weighted by Crippen LogP contribution is 2.15. The molecule has 0 fully saturated rings. The first kappa shape index (κ1) is 20.2. The first-order chi connectivity index (χ1) is 9.53. The molecule has 0 saturated carbocycles. The molecule has 0 aliphatic carbocycles. The number of alkyl halides is 3. The molecule has 2 N–H and O–H groups in total. The van der Waals surface area contributed by atoms with E-state index >= 15 is 0 Å². The number of hydrogen-bond acceptors (Lipinski definition) is 3. The molecule has 2 atom stereocenters. The Morgan fingerprint density at radius 2 is 1.76 bits per heavy atom. The van der Waals surface area contributed by atoms with Gasteiger partial charge in [-0.05, 0) is 39.8 Å². The third kappa shape index (κ3) is 10.5. The fourth-order valence-corrected chi connectivity index (χ4v) is 1.76. The number of rotatable bonds is 9. The van der Waals surface area contributed by atoms with Crippen LogP contribution in [0.5, 0.6) is 0 Å². The van der Waals surface area contributed by atoms with Crippen LogP contribution >= 0.6 is 0 Å². The van der Waals surface area contributed by atoms with Crippen molar-refractivity contribution in [2.45, 2.75) is 52.4 Å². The van der Waals surface area contributed by atoms with Crippen LogP contribution in [0.15, 0.2) is 0 Å². The van der Waals surface area contributed by atoms with Crippen molar-refractivity contribution in [1.29, 1.82) is 0 Å². The van der Waals surface area contributed by atoms with E-state index in [2.05, 4.69) is 24.5 Å². The Bertz CT molecular complexity index is 308. The standard InChI is InChI=1S/C14H28F3N3O/c1-10(2)11(3)19-12(4)13(21)18-7-6-8-20(5)9-14(15,16)17/h10-12,19H,6-9H2,1-5H3,(H,18,21)/t11-,12-/m0/s1. The minimum absolute atomic E-state index is 0.124. The van der Waals surface area contributed by atoms with E-state index in [1.807, 2.05) is 6.92 Å². The highest BCUT2D eigenvalue weighted by molar-refractivity contribution is 5.81. The van der Waals surface area contributed by atoms with Crippen molar-refractivity contribution in [2.24, 2.45) is 5.92 Å². The summed E-state index contributed by atoms with van der Waals surface area (Å²) in [7, 11) is 1.42. The molecule has 0 heterocycles. The average Bonchev–Trinajstić information content (AvgIpc) is 2.31. The molecule has 0 unspecified atom stereocenters. The predicted octanol–water partition coefficient (Wildman–Crippen LogP) is 2.01. The van der Waals surface area contributed by atoms with Gasteiger partial charge in [0.15, 0.2) is 0 Å². The maximum absolute atomic E-state index is 12.1. The molecule has 0 aliphatic rings. The minimum atomic E-state index is -4.18. The fraction of sp³-hybridized carbons (Fsp3) is 0.929. The van der Waals surface area contributed by atoms with E-state index in [0.717, 1.165) is 0 Å². The van der Waals surface area contributed by atoms with Gasteiger partial charge < -0.3 is 10.6 Å². The summed E-state index contributed by atoms with van der Waals surface area (Å²) >= 11 is 0. The molecule has 4 nitrogen and oxygen atoms in total. The third-order valence-electron chi connectivity index (χ3n) is 3.37. The Morgan fingerprint density at radius 1 is 1.19 bits per heavy atom. The summed E-state index contributed by atoms with van der Waals surface area (Å²) in [5.74, 6) is 0.303. The molecule has 0 aromatic rings. The summed E-state index contributed by atoms with van der Waals surface area (Å²) in [6.07, 6.45) is -3.69. The lowest BCUT2D eigenvalue weighted by atomic mass is 10.1. The van der Waals surface area contributed by atoms with Crippen molar-refractivity contribution in [1.82, 2.24) is 15.5 Å². The van der Waals surface area contributed by atoms with Gasteiger partial charge in [0.05, 0.1) is 12.6 Å². The van der Waals surface area contributed by atoms with Gasteiger partial charge in [-0.1, -0.05) is 13.8 Å². The van der Waals surface area contributed by atoms with Crippen LogP contribution in [-0.4, -0.2) is 55.7 Å². The Hall–Kier alpha value is -0.820. The van der Waals surface area contributed by atoms with Crippen molar-refractivity contribution in [3.63, 3.8) is 0 Å². The van der Waals surface area contributed by atoms with E-state index in [9.17, 15) is 18.0 Å².